The Morgan fingerprint density at radius 1 is 1.06 bits per heavy atom. The van der Waals surface area contributed by atoms with Gasteiger partial charge in [-0.3, -0.25) is 9.36 Å². The van der Waals surface area contributed by atoms with Crippen molar-refractivity contribution in [1.29, 1.82) is 0 Å². The second-order valence-corrected chi connectivity index (χ2v) is 9.04. The number of benzene rings is 3. The summed E-state index contributed by atoms with van der Waals surface area (Å²) >= 11 is 7.50. The Hall–Kier alpha value is -3.29. The first-order valence-corrected chi connectivity index (χ1v) is 12.3. The Morgan fingerprint density at radius 2 is 1.82 bits per heavy atom. The van der Waals surface area contributed by atoms with Gasteiger partial charge < -0.3 is 10.1 Å². The lowest BCUT2D eigenvalue weighted by molar-refractivity contribution is -0.113. The van der Waals surface area contributed by atoms with Gasteiger partial charge in [0.2, 0.25) is 5.91 Å². The molecule has 4 aromatic rings. The fraction of sp³-hybridized carbons (Fsp3) is 0.192. The van der Waals surface area contributed by atoms with E-state index in [1.54, 1.807) is 6.07 Å². The summed E-state index contributed by atoms with van der Waals surface area (Å²) < 4.78 is 7.55. The third-order valence-electron chi connectivity index (χ3n) is 5.19. The molecule has 0 atom stereocenters. The Bertz CT molecular complexity index is 1300. The summed E-state index contributed by atoms with van der Waals surface area (Å²) in [5.41, 5.74) is 4.50. The van der Waals surface area contributed by atoms with Crippen LogP contribution in [0.15, 0.2) is 71.9 Å². The first kappa shape index (κ1) is 23.9. The summed E-state index contributed by atoms with van der Waals surface area (Å²) in [7, 11) is 0. The Morgan fingerprint density at radius 3 is 2.56 bits per heavy atom. The number of aromatic nitrogens is 3. The van der Waals surface area contributed by atoms with Gasteiger partial charge in [-0.15, -0.1) is 10.2 Å². The highest BCUT2D eigenvalue weighted by Crippen LogP contribution is 2.30. The fourth-order valence-corrected chi connectivity index (χ4v) is 4.41. The highest BCUT2D eigenvalue weighted by molar-refractivity contribution is 7.99. The SMILES string of the molecule is CCOc1ccc(-n2c(SCC(=O)Nc3cccc(Cl)c3C)nnc2-c2cccc(C)c2)cc1. The molecule has 0 saturated heterocycles. The van der Waals surface area contributed by atoms with Gasteiger partial charge in [-0.2, -0.15) is 0 Å². The molecule has 3 aromatic carbocycles. The van der Waals surface area contributed by atoms with E-state index in [0.717, 1.165) is 28.1 Å². The number of amides is 1. The van der Waals surface area contributed by atoms with Crippen LogP contribution in [-0.2, 0) is 4.79 Å². The summed E-state index contributed by atoms with van der Waals surface area (Å²) in [6, 6.07) is 21.3. The first-order chi connectivity index (χ1) is 16.5. The Labute approximate surface area is 208 Å². The smallest absolute Gasteiger partial charge is 0.234 e. The van der Waals surface area contributed by atoms with E-state index in [2.05, 4.69) is 21.6 Å². The second kappa shape index (κ2) is 10.8. The predicted molar refractivity (Wildman–Crippen MR) is 138 cm³/mol. The number of aryl methyl sites for hydroxylation is 1. The summed E-state index contributed by atoms with van der Waals surface area (Å²) in [6.45, 7) is 6.47. The lowest BCUT2D eigenvalue weighted by atomic mass is 10.1. The summed E-state index contributed by atoms with van der Waals surface area (Å²) in [5.74, 6) is 1.53. The molecular formula is C26H25ClN4O2S. The number of nitrogens with one attached hydrogen (secondary N) is 1. The van der Waals surface area contributed by atoms with E-state index < -0.39 is 0 Å². The van der Waals surface area contributed by atoms with Crippen molar-refractivity contribution in [3.63, 3.8) is 0 Å². The molecule has 1 amide bonds. The number of ether oxygens (including phenoxy) is 1. The fourth-order valence-electron chi connectivity index (χ4n) is 3.48. The van der Waals surface area contributed by atoms with Gasteiger partial charge in [-0.1, -0.05) is 53.2 Å². The van der Waals surface area contributed by atoms with Crippen LogP contribution in [0, 0.1) is 13.8 Å². The molecule has 0 aliphatic heterocycles. The third-order valence-corrected chi connectivity index (χ3v) is 6.53. The predicted octanol–water partition coefficient (Wildman–Crippen LogP) is 6.33. The maximum atomic E-state index is 12.7. The number of hydrogen-bond acceptors (Lipinski definition) is 5. The van der Waals surface area contributed by atoms with Crippen LogP contribution in [-0.4, -0.2) is 33.0 Å². The standard InChI is InChI=1S/C26H25ClN4O2S/c1-4-33-21-13-11-20(12-14-21)31-25(19-8-5-7-17(2)15-19)29-30-26(31)34-16-24(32)28-23-10-6-9-22(27)18(23)3/h5-15H,4,16H2,1-3H3,(H,28,32). The molecule has 0 aliphatic carbocycles. The average Bonchev–Trinajstić information content (AvgIpc) is 3.25. The number of carbonyl (C=O) groups is 1. The van der Waals surface area contributed by atoms with Crippen molar-refractivity contribution in [3.8, 4) is 22.8 Å². The molecular weight excluding hydrogens is 468 g/mol. The number of carbonyl (C=O) groups excluding carboxylic acids is 1. The average molecular weight is 493 g/mol. The molecule has 0 aliphatic rings. The van der Waals surface area contributed by atoms with Crippen LogP contribution >= 0.6 is 23.4 Å². The van der Waals surface area contributed by atoms with Gasteiger partial charge in [0, 0.05) is 22.0 Å². The van der Waals surface area contributed by atoms with Gasteiger partial charge >= 0.3 is 0 Å². The van der Waals surface area contributed by atoms with Crippen molar-refractivity contribution >= 4 is 35.0 Å². The number of thioether (sulfide) groups is 1. The molecule has 0 spiro atoms. The minimum Gasteiger partial charge on any atom is -0.494 e. The third kappa shape index (κ3) is 5.43. The molecule has 174 valence electrons. The monoisotopic (exact) mass is 492 g/mol. The van der Waals surface area contributed by atoms with Crippen LogP contribution in [0.4, 0.5) is 5.69 Å². The summed E-state index contributed by atoms with van der Waals surface area (Å²) in [6.07, 6.45) is 0. The molecule has 4 rings (SSSR count). The second-order valence-electron chi connectivity index (χ2n) is 7.69. The largest absolute Gasteiger partial charge is 0.494 e. The van der Waals surface area contributed by atoms with Gasteiger partial charge in [0.05, 0.1) is 12.4 Å². The van der Waals surface area contributed by atoms with E-state index in [0.29, 0.717) is 28.3 Å². The molecule has 0 fully saturated rings. The van der Waals surface area contributed by atoms with Gasteiger partial charge in [0.15, 0.2) is 11.0 Å². The molecule has 1 heterocycles. The van der Waals surface area contributed by atoms with Gasteiger partial charge in [-0.25, -0.2) is 0 Å². The van der Waals surface area contributed by atoms with Crippen LogP contribution in [0.1, 0.15) is 18.1 Å². The maximum absolute atomic E-state index is 12.7. The van der Waals surface area contributed by atoms with Crippen molar-refractivity contribution in [1.82, 2.24) is 14.8 Å². The zero-order chi connectivity index (χ0) is 24.1. The number of hydrogen-bond donors (Lipinski definition) is 1. The van der Waals surface area contributed by atoms with Crippen LogP contribution in [0.2, 0.25) is 5.02 Å². The number of nitrogens with zero attached hydrogens (tertiary/aromatic N) is 3. The highest BCUT2D eigenvalue weighted by Gasteiger charge is 2.18. The van der Waals surface area contributed by atoms with Crippen molar-refractivity contribution in [2.45, 2.75) is 25.9 Å². The van der Waals surface area contributed by atoms with Crippen molar-refractivity contribution in [2.24, 2.45) is 0 Å². The van der Waals surface area contributed by atoms with E-state index in [4.69, 9.17) is 16.3 Å². The van der Waals surface area contributed by atoms with E-state index in [1.807, 2.05) is 79.9 Å². The lowest BCUT2D eigenvalue weighted by Crippen LogP contribution is -2.15. The van der Waals surface area contributed by atoms with Crippen LogP contribution in [0.3, 0.4) is 0 Å². The maximum Gasteiger partial charge on any atom is 0.234 e. The molecule has 34 heavy (non-hydrogen) atoms. The molecule has 8 heteroatoms. The van der Waals surface area contributed by atoms with Crippen LogP contribution in [0.25, 0.3) is 17.1 Å². The van der Waals surface area contributed by atoms with Crippen molar-refractivity contribution < 1.29 is 9.53 Å². The molecule has 6 nitrogen and oxygen atoms in total. The van der Waals surface area contributed by atoms with Crippen LogP contribution in [0.5, 0.6) is 5.75 Å². The van der Waals surface area contributed by atoms with Crippen molar-refractivity contribution in [2.75, 3.05) is 17.7 Å². The van der Waals surface area contributed by atoms with Gasteiger partial charge in [0.25, 0.3) is 0 Å². The summed E-state index contributed by atoms with van der Waals surface area (Å²) in [4.78, 5) is 12.7. The molecule has 1 N–H and O–H groups in total. The minimum absolute atomic E-state index is 0.145. The number of anilines is 1. The van der Waals surface area contributed by atoms with Crippen LogP contribution < -0.4 is 10.1 Å². The zero-order valence-electron chi connectivity index (χ0n) is 19.2. The molecule has 0 bridgehead atoms. The topological polar surface area (TPSA) is 69.0 Å². The van der Waals surface area contributed by atoms with E-state index in [1.165, 1.54) is 11.8 Å². The quantitative estimate of drug-likeness (QED) is 0.291. The summed E-state index contributed by atoms with van der Waals surface area (Å²) in [5, 5.41) is 13.0. The first-order valence-electron chi connectivity index (χ1n) is 10.9. The highest BCUT2D eigenvalue weighted by atomic mass is 35.5. The van der Waals surface area contributed by atoms with Crippen molar-refractivity contribution in [3.05, 3.63) is 82.9 Å². The zero-order valence-corrected chi connectivity index (χ0v) is 20.8. The molecule has 0 radical (unpaired) electrons. The normalized spacial score (nSPS) is 10.8. The number of rotatable bonds is 8. The minimum atomic E-state index is -0.145. The lowest BCUT2D eigenvalue weighted by Gasteiger charge is -2.12. The van der Waals surface area contributed by atoms with E-state index in [-0.39, 0.29) is 11.7 Å². The Kier molecular flexibility index (Phi) is 7.55. The van der Waals surface area contributed by atoms with Gasteiger partial charge in [0.1, 0.15) is 5.75 Å². The van der Waals surface area contributed by atoms with E-state index in [9.17, 15) is 4.79 Å². The molecule has 0 saturated carbocycles. The van der Waals surface area contributed by atoms with E-state index >= 15 is 0 Å². The molecule has 0 unspecified atom stereocenters. The number of halogens is 1. The molecule has 1 aromatic heterocycles. The Balaban J connectivity index is 1.61. The van der Waals surface area contributed by atoms with Gasteiger partial charge in [-0.05, 0) is 68.8 Å².